The van der Waals surface area contributed by atoms with Crippen LogP contribution in [0.15, 0.2) is 22.9 Å². The van der Waals surface area contributed by atoms with Crippen LogP contribution in [0.25, 0.3) is 11.1 Å². The first-order chi connectivity index (χ1) is 11.1. The third kappa shape index (κ3) is 3.27. The third-order valence-electron chi connectivity index (χ3n) is 4.46. The Morgan fingerprint density at radius 3 is 2.87 bits per heavy atom. The molecule has 3 rings (SSSR count). The van der Waals surface area contributed by atoms with Gasteiger partial charge in [-0.15, -0.1) is 0 Å². The molecular weight excluding hydrogens is 292 g/mol. The molecule has 0 aromatic carbocycles. The summed E-state index contributed by atoms with van der Waals surface area (Å²) in [5.41, 5.74) is 9.22. The number of carbonyl (C=O) groups excluding carboxylic acids is 1. The van der Waals surface area contributed by atoms with Crippen molar-refractivity contribution in [3.63, 3.8) is 0 Å². The number of amides is 1. The zero-order valence-corrected chi connectivity index (χ0v) is 13.6. The number of hydrogen-bond donors (Lipinski definition) is 1. The molecule has 2 N–H and O–H groups in total. The number of hydrogen-bond acceptors (Lipinski definition) is 5. The van der Waals surface area contributed by atoms with Crippen LogP contribution in [0.5, 0.6) is 0 Å². The number of likely N-dealkylation sites (tertiary alicyclic amines) is 1. The molecule has 23 heavy (non-hydrogen) atoms. The molecule has 0 radical (unpaired) electrons. The highest BCUT2D eigenvalue weighted by Crippen LogP contribution is 2.32. The normalized spacial score (nSPS) is 18.4. The van der Waals surface area contributed by atoms with Gasteiger partial charge in [0.2, 0.25) is 5.91 Å². The van der Waals surface area contributed by atoms with E-state index in [4.69, 9.17) is 10.3 Å². The predicted octanol–water partition coefficient (Wildman–Crippen LogP) is 2.37. The summed E-state index contributed by atoms with van der Waals surface area (Å²) >= 11 is 0. The maximum atomic E-state index is 11.0. The highest BCUT2D eigenvalue weighted by atomic mass is 16.5. The van der Waals surface area contributed by atoms with Crippen LogP contribution in [-0.2, 0) is 4.79 Å². The number of primary amides is 1. The van der Waals surface area contributed by atoms with E-state index in [9.17, 15) is 4.79 Å². The van der Waals surface area contributed by atoms with Gasteiger partial charge < -0.3 is 10.3 Å². The van der Waals surface area contributed by atoms with E-state index >= 15 is 0 Å². The van der Waals surface area contributed by atoms with Crippen molar-refractivity contribution in [2.24, 2.45) is 5.73 Å². The molecule has 0 saturated carbocycles. The molecule has 0 bridgehead atoms. The summed E-state index contributed by atoms with van der Waals surface area (Å²) in [4.78, 5) is 17.9. The highest BCUT2D eigenvalue weighted by Gasteiger charge is 2.27. The minimum Gasteiger partial charge on any atom is -0.370 e. The first-order valence-corrected chi connectivity index (χ1v) is 7.98. The third-order valence-corrected chi connectivity index (χ3v) is 4.46. The van der Waals surface area contributed by atoms with Crippen molar-refractivity contribution in [1.82, 2.24) is 15.0 Å². The molecule has 122 valence electrons. The van der Waals surface area contributed by atoms with E-state index in [1.54, 1.807) is 0 Å². The number of aromatic nitrogens is 2. The minimum atomic E-state index is -0.252. The second-order valence-corrected chi connectivity index (χ2v) is 6.08. The van der Waals surface area contributed by atoms with Crippen LogP contribution in [0.3, 0.4) is 0 Å². The second kappa shape index (κ2) is 6.50. The summed E-state index contributed by atoms with van der Waals surface area (Å²) in [6, 6.07) is 4.40. The molecule has 2 aromatic heterocycles. The summed E-state index contributed by atoms with van der Waals surface area (Å²) in [6.07, 6.45) is 4.47. The van der Waals surface area contributed by atoms with Gasteiger partial charge in [-0.2, -0.15) is 0 Å². The summed E-state index contributed by atoms with van der Waals surface area (Å²) < 4.78 is 5.22. The van der Waals surface area contributed by atoms with Crippen molar-refractivity contribution in [2.75, 3.05) is 13.1 Å². The maximum absolute atomic E-state index is 11.0. The van der Waals surface area contributed by atoms with Crippen LogP contribution in [-0.4, -0.2) is 34.0 Å². The lowest BCUT2D eigenvalue weighted by Gasteiger charge is -2.23. The minimum absolute atomic E-state index is 0.252. The number of carbonyl (C=O) groups is 1. The number of nitrogens with zero attached hydrogens (tertiary/aromatic N) is 3. The number of rotatable bonds is 5. The van der Waals surface area contributed by atoms with Crippen molar-refractivity contribution in [2.45, 2.75) is 39.2 Å². The Kier molecular flexibility index (Phi) is 4.43. The Balaban J connectivity index is 1.78. The molecule has 1 amide bonds. The fourth-order valence-electron chi connectivity index (χ4n) is 3.33. The van der Waals surface area contributed by atoms with E-state index in [0.29, 0.717) is 13.0 Å². The average Bonchev–Trinajstić information content (AvgIpc) is 3.12. The van der Waals surface area contributed by atoms with Crippen LogP contribution in [0, 0.1) is 13.8 Å². The van der Waals surface area contributed by atoms with E-state index in [-0.39, 0.29) is 11.9 Å². The standard InChI is InChI=1S/C17H22N4O2/c1-11-17(12(2)23-20-11)13-5-6-14(19-10-13)15-4-3-8-21(15)9-7-16(18)22/h5-6,10,15H,3-4,7-9H2,1-2H3,(H2,18,22)/t15-/m0/s1. The van der Waals surface area contributed by atoms with Gasteiger partial charge in [-0.3, -0.25) is 14.7 Å². The van der Waals surface area contributed by atoms with E-state index in [2.05, 4.69) is 27.2 Å². The van der Waals surface area contributed by atoms with Crippen LogP contribution >= 0.6 is 0 Å². The van der Waals surface area contributed by atoms with Crippen molar-refractivity contribution in [1.29, 1.82) is 0 Å². The van der Waals surface area contributed by atoms with E-state index in [1.165, 1.54) is 0 Å². The first-order valence-electron chi connectivity index (χ1n) is 7.98. The fraction of sp³-hybridized carbons (Fsp3) is 0.471. The summed E-state index contributed by atoms with van der Waals surface area (Å²) in [5.74, 6) is 0.554. The molecule has 0 spiro atoms. The molecule has 6 nitrogen and oxygen atoms in total. The van der Waals surface area contributed by atoms with Gasteiger partial charge in [-0.1, -0.05) is 11.2 Å². The SMILES string of the molecule is Cc1noc(C)c1-c1ccc([C@@H]2CCCN2CCC(N)=O)nc1. The Hall–Kier alpha value is -2.21. The van der Waals surface area contributed by atoms with Gasteiger partial charge in [0.25, 0.3) is 0 Å². The first kappa shape index (κ1) is 15.7. The lowest BCUT2D eigenvalue weighted by molar-refractivity contribution is -0.118. The van der Waals surface area contributed by atoms with E-state index < -0.39 is 0 Å². The second-order valence-electron chi connectivity index (χ2n) is 6.08. The van der Waals surface area contributed by atoms with Crippen LogP contribution < -0.4 is 5.73 Å². The molecule has 0 aliphatic carbocycles. The smallest absolute Gasteiger partial charge is 0.218 e. The van der Waals surface area contributed by atoms with Gasteiger partial charge in [-0.25, -0.2) is 0 Å². The van der Waals surface area contributed by atoms with E-state index in [1.807, 2.05) is 20.0 Å². The van der Waals surface area contributed by atoms with Gasteiger partial charge in [0, 0.05) is 30.3 Å². The van der Waals surface area contributed by atoms with Crippen LogP contribution in [0.4, 0.5) is 0 Å². The van der Waals surface area contributed by atoms with Gasteiger partial charge in [0.15, 0.2) is 0 Å². The number of pyridine rings is 1. The lowest BCUT2D eigenvalue weighted by atomic mass is 10.0. The largest absolute Gasteiger partial charge is 0.370 e. The molecule has 6 heteroatoms. The Labute approximate surface area is 135 Å². The fourth-order valence-corrected chi connectivity index (χ4v) is 3.33. The van der Waals surface area contributed by atoms with Crippen molar-refractivity contribution in [3.05, 3.63) is 35.5 Å². The topological polar surface area (TPSA) is 85.3 Å². The Morgan fingerprint density at radius 1 is 1.43 bits per heavy atom. The maximum Gasteiger partial charge on any atom is 0.218 e. The highest BCUT2D eigenvalue weighted by molar-refractivity contribution is 5.73. The molecule has 1 saturated heterocycles. The monoisotopic (exact) mass is 314 g/mol. The quantitative estimate of drug-likeness (QED) is 0.915. The Morgan fingerprint density at radius 2 is 2.26 bits per heavy atom. The average molecular weight is 314 g/mol. The summed E-state index contributed by atoms with van der Waals surface area (Å²) in [6.45, 7) is 5.53. The molecule has 3 heterocycles. The van der Waals surface area contributed by atoms with Gasteiger partial charge in [0.05, 0.1) is 17.4 Å². The summed E-state index contributed by atoms with van der Waals surface area (Å²) in [7, 11) is 0. The van der Waals surface area contributed by atoms with E-state index in [0.717, 1.165) is 47.7 Å². The zero-order chi connectivity index (χ0) is 16.4. The van der Waals surface area contributed by atoms with Crippen LogP contribution in [0.2, 0.25) is 0 Å². The van der Waals surface area contributed by atoms with Crippen molar-refractivity contribution in [3.8, 4) is 11.1 Å². The molecule has 1 fully saturated rings. The molecular formula is C17H22N4O2. The lowest BCUT2D eigenvalue weighted by Crippen LogP contribution is -2.28. The van der Waals surface area contributed by atoms with Crippen molar-refractivity contribution < 1.29 is 9.32 Å². The number of nitrogens with two attached hydrogens (primary N) is 1. The van der Waals surface area contributed by atoms with Gasteiger partial charge >= 0.3 is 0 Å². The van der Waals surface area contributed by atoms with Gasteiger partial charge in [0.1, 0.15) is 5.76 Å². The zero-order valence-electron chi connectivity index (χ0n) is 13.6. The van der Waals surface area contributed by atoms with Crippen LogP contribution in [0.1, 0.15) is 42.5 Å². The molecule has 1 aliphatic rings. The van der Waals surface area contributed by atoms with Gasteiger partial charge in [-0.05, 0) is 39.3 Å². The molecule has 2 aromatic rings. The number of aryl methyl sites for hydroxylation is 2. The Bertz CT molecular complexity index is 674. The molecule has 0 unspecified atom stereocenters. The predicted molar refractivity (Wildman–Crippen MR) is 86.6 cm³/mol. The molecule has 1 atom stereocenters. The molecule has 1 aliphatic heterocycles. The van der Waals surface area contributed by atoms with Crippen molar-refractivity contribution >= 4 is 5.91 Å². The summed E-state index contributed by atoms with van der Waals surface area (Å²) in [5, 5.41) is 3.99.